The SMILES string of the molecule is Cc1c(OCc2ccccc2)ccc2c1OC1(CCN(C(=O)c3ccsc3)CC1)CC2=O. The molecule has 2 aliphatic rings. The van der Waals surface area contributed by atoms with Crippen LogP contribution >= 0.6 is 11.3 Å². The minimum Gasteiger partial charge on any atom is -0.488 e. The molecule has 0 atom stereocenters. The first kappa shape index (κ1) is 20.8. The van der Waals surface area contributed by atoms with Crippen LogP contribution in [0.5, 0.6) is 11.5 Å². The van der Waals surface area contributed by atoms with E-state index in [0.29, 0.717) is 50.3 Å². The molecule has 32 heavy (non-hydrogen) atoms. The summed E-state index contributed by atoms with van der Waals surface area (Å²) >= 11 is 1.52. The van der Waals surface area contributed by atoms with E-state index in [1.807, 2.05) is 71.1 Å². The molecule has 0 unspecified atom stereocenters. The number of thiophene rings is 1. The molecule has 1 aromatic heterocycles. The van der Waals surface area contributed by atoms with E-state index >= 15 is 0 Å². The Kier molecular flexibility index (Phi) is 5.47. The first-order chi connectivity index (χ1) is 15.5. The fourth-order valence-electron chi connectivity index (χ4n) is 4.52. The first-order valence-electron chi connectivity index (χ1n) is 10.9. The van der Waals surface area contributed by atoms with Crippen LogP contribution in [0.4, 0.5) is 0 Å². The van der Waals surface area contributed by atoms with Gasteiger partial charge in [-0.1, -0.05) is 30.3 Å². The van der Waals surface area contributed by atoms with Gasteiger partial charge >= 0.3 is 0 Å². The van der Waals surface area contributed by atoms with Crippen LogP contribution < -0.4 is 9.47 Å². The Hall–Kier alpha value is -3.12. The Bertz CT molecular complexity index is 1130. The molecule has 1 saturated heterocycles. The summed E-state index contributed by atoms with van der Waals surface area (Å²) in [6.45, 7) is 3.57. The van der Waals surface area contributed by atoms with Crippen LogP contribution in [0.3, 0.4) is 0 Å². The summed E-state index contributed by atoms with van der Waals surface area (Å²) < 4.78 is 12.6. The Morgan fingerprint density at radius 3 is 2.62 bits per heavy atom. The quantitative estimate of drug-likeness (QED) is 0.546. The van der Waals surface area contributed by atoms with Crippen molar-refractivity contribution in [3.8, 4) is 11.5 Å². The van der Waals surface area contributed by atoms with Crippen LogP contribution in [0.15, 0.2) is 59.3 Å². The number of likely N-dealkylation sites (tertiary alicyclic amines) is 1. The fraction of sp³-hybridized carbons (Fsp3) is 0.308. The lowest BCUT2D eigenvalue weighted by molar-refractivity contribution is -0.00632. The molecule has 0 bridgehead atoms. The second-order valence-corrected chi connectivity index (χ2v) is 9.31. The number of fused-ring (bicyclic) bond motifs is 1. The van der Waals surface area contributed by atoms with E-state index < -0.39 is 5.60 Å². The van der Waals surface area contributed by atoms with Crippen molar-refractivity contribution in [3.05, 3.63) is 81.5 Å². The van der Waals surface area contributed by atoms with Gasteiger partial charge in [0.15, 0.2) is 5.78 Å². The second kappa shape index (κ2) is 8.43. The number of hydrogen-bond acceptors (Lipinski definition) is 5. The highest BCUT2D eigenvalue weighted by molar-refractivity contribution is 7.08. The predicted molar refractivity (Wildman–Crippen MR) is 124 cm³/mol. The molecule has 0 saturated carbocycles. The number of piperidine rings is 1. The summed E-state index contributed by atoms with van der Waals surface area (Å²) in [5.74, 6) is 1.50. The van der Waals surface area contributed by atoms with E-state index in [1.165, 1.54) is 11.3 Å². The van der Waals surface area contributed by atoms with Gasteiger partial charge in [-0.2, -0.15) is 11.3 Å². The van der Waals surface area contributed by atoms with Gasteiger partial charge in [0, 0.05) is 36.9 Å². The third-order valence-electron chi connectivity index (χ3n) is 6.43. The van der Waals surface area contributed by atoms with Gasteiger partial charge in [-0.15, -0.1) is 0 Å². The third-order valence-corrected chi connectivity index (χ3v) is 7.11. The van der Waals surface area contributed by atoms with E-state index in [1.54, 1.807) is 0 Å². The maximum atomic E-state index is 13.0. The number of carbonyl (C=O) groups is 2. The minimum atomic E-state index is -0.557. The third kappa shape index (κ3) is 3.91. The lowest BCUT2D eigenvalue weighted by atomic mass is 9.82. The van der Waals surface area contributed by atoms with Crippen LogP contribution in [0, 0.1) is 6.92 Å². The van der Waals surface area contributed by atoms with Gasteiger partial charge < -0.3 is 14.4 Å². The number of ether oxygens (including phenoxy) is 2. The monoisotopic (exact) mass is 447 g/mol. The zero-order valence-corrected chi connectivity index (χ0v) is 18.8. The number of rotatable bonds is 4. The topological polar surface area (TPSA) is 55.8 Å². The number of carbonyl (C=O) groups excluding carboxylic acids is 2. The predicted octanol–water partition coefficient (Wildman–Crippen LogP) is 5.28. The number of ketones is 1. The van der Waals surface area contributed by atoms with Crippen molar-refractivity contribution in [1.82, 2.24) is 4.90 Å². The molecule has 1 amide bonds. The number of benzene rings is 2. The van der Waals surface area contributed by atoms with Crippen molar-refractivity contribution in [2.75, 3.05) is 13.1 Å². The molecule has 164 valence electrons. The van der Waals surface area contributed by atoms with Crippen LogP contribution in [-0.2, 0) is 6.61 Å². The van der Waals surface area contributed by atoms with Gasteiger partial charge in [-0.3, -0.25) is 9.59 Å². The fourth-order valence-corrected chi connectivity index (χ4v) is 5.15. The Morgan fingerprint density at radius 2 is 1.91 bits per heavy atom. The highest BCUT2D eigenvalue weighted by atomic mass is 32.1. The van der Waals surface area contributed by atoms with Crippen molar-refractivity contribution in [2.45, 2.75) is 38.4 Å². The van der Waals surface area contributed by atoms with E-state index in [4.69, 9.17) is 9.47 Å². The molecule has 2 aliphatic heterocycles. The first-order valence-corrected chi connectivity index (χ1v) is 11.8. The van der Waals surface area contributed by atoms with Crippen LogP contribution in [0.25, 0.3) is 0 Å². The number of nitrogens with zero attached hydrogens (tertiary/aromatic N) is 1. The Balaban J connectivity index is 1.32. The van der Waals surface area contributed by atoms with Crippen LogP contribution in [0.2, 0.25) is 0 Å². The van der Waals surface area contributed by atoms with Gasteiger partial charge in [0.2, 0.25) is 0 Å². The summed E-state index contributed by atoms with van der Waals surface area (Å²) in [7, 11) is 0. The summed E-state index contributed by atoms with van der Waals surface area (Å²) in [6.07, 6.45) is 1.63. The Labute approximate surface area is 191 Å². The summed E-state index contributed by atoms with van der Waals surface area (Å²) in [4.78, 5) is 27.6. The van der Waals surface area contributed by atoms with E-state index in [2.05, 4.69) is 0 Å². The summed E-state index contributed by atoms with van der Waals surface area (Å²) in [6, 6.07) is 15.5. The summed E-state index contributed by atoms with van der Waals surface area (Å²) in [5.41, 5.74) is 2.73. The molecule has 6 heteroatoms. The van der Waals surface area contributed by atoms with Crippen molar-refractivity contribution in [1.29, 1.82) is 0 Å². The van der Waals surface area contributed by atoms with Gasteiger partial charge in [0.25, 0.3) is 5.91 Å². The van der Waals surface area contributed by atoms with Gasteiger partial charge in [-0.25, -0.2) is 0 Å². The average molecular weight is 448 g/mol. The molecule has 0 radical (unpaired) electrons. The lowest BCUT2D eigenvalue weighted by Crippen LogP contribution is -2.52. The number of amides is 1. The van der Waals surface area contributed by atoms with Gasteiger partial charge in [-0.05, 0) is 36.1 Å². The molecule has 1 spiro atoms. The van der Waals surface area contributed by atoms with Crippen molar-refractivity contribution in [3.63, 3.8) is 0 Å². The van der Waals surface area contributed by atoms with E-state index in [9.17, 15) is 9.59 Å². The van der Waals surface area contributed by atoms with Crippen molar-refractivity contribution in [2.24, 2.45) is 0 Å². The maximum Gasteiger partial charge on any atom is 0.254 e. The zero-order chi connectivity index (χ0) is 22.1. The van der Waals surface area contributed by atoms with E-state index in [0.717, 1.165) is 22.4 Å². The summed E-state index contributed by atoms with van der Waals surface area (Å²) in [5, 5.41) is 3.79. The van der Waals surface area contributed by atoms with E-state index in [-0.39, 0.29) is 11.7 Å². The highest BCUT2D eigenvalue weighted by Gasteiger charge is 2.44. The number of hydrogen-bond donors (Lipinski definition) is 0. The van der Waals surface area contributed by atoms with Gasteiger partial charge in [0.1, 0.15) is 23.7 Å². The normalized spacial score (nSPS) is 17.0. The molecule has 5 nitrogen and oxygen atoms in total. The molecule has 3 aromatic rings. The molecule has 3 heterocycles. The standard InChI is InChI=1S/C26H25NO4S/c1-18-23(30-16-19-5-3-2-4-6-19)8-7-21-22(28)15-26(31-24(18)21)10-12-27(13-11-26)25(29)20-9-14-32-17-20/h2-9,14,17H,10-13,15-16H2,1H3. The molecule has 0 aliphatic carbocycles. The molecular formula is C26H25NO4S. The van der Waals surface area contributed by atoms with Gasteiger partial charge in [0.05, 0.1) is 17.5 Å². The highest BCUT2D eigenvalue weighted by Crippen LogP contribution is 2.43. The Morgan fingerprint density at radius 1 is 1.12 bits per heavy atom. The largest absolute Gasteiger partial charge is 0.488 e. The molecule has 0 N–H and O–H groups in total. The van der Waals surface area contributed by atoms with Crippen molar-refractivity contribution >= 4 is 23.0 Å². The molecule has 2 aromatic carbocycles. The molecular weight excluding hydrogens is 422 g/mol. The average Bonchev–Trinajstić information content (AvgIpc) is 3.35. The van der Waals surface area contributed by atoms with Crippen LogP contribution in [0.1, 0.15) is 51.1 Å². The lowest BCUT2D eigenvalue weighted by Gasteiger charge is -2.44. The molecule has 5 rings (SSSR count). The zero-order valence-electron chi connectivity index (χ0n) is 18.0. The maximum absolute atomic E-state index is 13.0. The minimum absolute atomic E-state index is 0.0522. The number of Topliss-reactive ketones (excluding diaryl/α,β-unsaturated/α-hetero) is 1. The molecule has 1 fully saturated rings. The smallest absolute Gasteiger partial charge is 0.254 e. The van der Waals surface area contributed by atoms with Crippen molar-refractivity contribution < 1.29 is 19.1 Å². The van der Waals surface area contributed by atoms with Crippen LogP contribution in [-0.4, -0.2) is 35.3 Å². The second-order valence-electron chi connectivity index (χ2n) is 8.53.